The summed E-state index contributed by atoms with van der Waals surface area (Å²) in [6.07, 6.45) is 1.94. The number of nitrogens with zero attached hydrogens (tertiary/aromatic N) is 2. The van der Waals surface area contributed by atoms with Crippen LogP contribution in [0.15, 0.2) is 24.3 Å². The molecule has 0 aliphatic heterocycles. The second-order valence-electron chi connectivity index (χ2n) is 5.72. The van der Waals surface area contributed by atoms with Crippen molar-refractivity contribution in [2.24, 2.45) is 0 Å². The number of rotatable bonds is 7. The SMILES string of the molecule is CCC(CC)n1nc(C(=O)Nc2ccc(OC)c(CO)c2)cc1C. The predicted octanol–water partition coefficient (Wildman–Crippen LogP) is 3.31. The molecular weight excluding hydrogens is 306 g/mol. The molecule has 2 aromatic rings. The van der Waals surface area contributed by atoms with E-state index < -0.39 is 0 Å². The normalized spacial score (nSPS) is 10.9. The number of nitrogens with one attached hydrogen (secondary N) is 1. The van der Waals surface area contributed by atoms with E-state index in [0.29, 0.717) is 28.7 Å². The molecule has 6 heteroatoms. The lowest BCUT2D eigenvalue weighted by atomic mass is 10.2. The fourth-order valence-electron chi connectivity index (χ4n) is 2.78. The van der Waals surface area contributed by atoms with Crippen LogP contribution >= 0.6 is 0 Å². The van der Waals surface area contributed by atoms with Crippen molar-refractivity contribution in [3.05, 3.63) is 41.2 Å². The number of carbonyl (C=O) groups is 1. The molecule has 1 aromatic carbocycles. The molecular formula is C18H25N3O3. The van der Waals surface area contributed by atoms with Crippen LogP contribution in [0, 0.1) is 6.92 Å². The van der Waals surface area contributed by atoms with E-state index in [0.717, 1.165) is 18.5 Å². The van der Waals surface area contributed by atoms with Gasteiger partial charge in [0.25, 0.3) is 5.91 Å². The summed E-state index contributed by atoms with van der Waals surface area (Å²) in [5.74, 6) is 0.321. The van der Waals surface area contributed by atoms with Crippen LogP contribution in [0.4, 0.5) is 5.69 Å². The average Bonchev–Trinajstić information content (AvgIpc) is 2.98. The highest BCUT2D eigenvalue weighted by atomic mass is 16.5. The molecule has 0 atom stereocenters. The van der Waals surface area contributed by atoms with Gasteiger partial charge in [0.1, 0.15) is 5.75 Å². The van der Waals surface area contributed by atoms with Gasteiger partial charge in [0.2, 0.25) is 0 Å². The molecule has 0 fully saturated rings. The van der Waals surface area contributed by atoms with Gasteiger partial charge in [-0.1, -0.05) is 13.8 Å². The Kier molecular flexibility index (Phi) is 5.98. The highest BCUT2D eigenvalue weighted by Crippen LogP contribution is 2.23. The van der Waals surface area contributed by atoms with Gasteiger partial charge in [0.15, 0.2) is 5.69 Å². The van der Waals surface area contributed by atoms with E-state index in [2.05, 4.69) is 24.3 Å². The van der Waals surface area contributed by atoms with Gasteiger partial charge < -0.3 is 15.2 Å². The molecule has 1 heterocycles. The third-order valence-electron chi connectivity index (χ3n) is 4.15. The van der Waals surface area contributed by atoms with Gasteiger partial charge in [0.05, 0.1) is 19.8 Å². The molecule has 24 heavy (non-hydrogen) atoms. The Hall–Kier alpha value is -2.34. The lowest BCUT2D eigenvalue weighted by Crippen LogP contribution is -2.15. The summed E-state index contributed by atoms with van der Waals surface area (Å²) >= 11 is 0. The zero-order valence-corrected chi connectivity index (χ0v) is 14.7. The van der Waals surface area contributed by atoms with E-state index in [4.69, 9.17) is 4.74 Å². The van der Waals surface area contributed by atoms with E-state index in [-0.39, 0.29) is 12.5 Å². The number of methoxy groups -OCH3 is 1. The molecule has 6 nitrogen and oxygen atoms in total. The fourth-order valence-corrected chi connectivity index (χ4v) is 2.78. The van der Waals surface area contributed by atoms with E-state index in [9.17, 15) is 9.90 Å². The molecule has 0 spiro atoms. The van der Waals surface area contributed by atoms with Crippen LogP contribution in [0.25, 0.3) is 0 Å². The maximum atomic E-state index is 12.5. The van der Waals surface area contributed by atoms with Gasteiger partial charge in [-0.15, -0.1) is 0 Å². The van der Waals surface area contributed by atoms with Crippen molar-refractivity contribution >= 4 is 11.6 Å². The Morgan fingerprint density at radius 3 is 2.62 bits per heavy atom. The average molecular weight is 331 g/mol. The lowest BCUT2D eigenvalue weighted by molar-refractivity contribution is 0.102. The standard InChI is InChI=1S/C18H25N3O3/c1-5-15(6-2)21-12(3)9-16(20-21)18(23)19-14-7-8-17(24-4)13(10-14)11-22/h7-10,15,22H,5-6,11H2,1-4H3,(H,19,23). The highest BCUT2D eigenvalue weighted by Gasteiger charge is 2.17. The van der Waals surface area contributed by atoms with E-state index in [1.54, 1.807) is 31.4 Å². The van der Waals surface area contributed by atoms with Crippen molar-refractivity contribution in [1.29, 1.82) is 0 Å². The van der Waals surface area contributed by atoms with Crippen molar-refractivity contribution in [2.45, 2.75) is 46.3 Å². The Balaban J connectivity index is 2.20. The Labute approximate surface area is 142 Å². The number of hydrogen-bond acceptors (Lipinski definition) is 4. The first-order chi connectivity index (χ1) is 11.5. The maximum Gasteiger partial charge on any atom is 0.276 e. The van der Waals surface area contributed by atoms with Gasteiger partial charge >= 0.3 is 0 Å². The van der Waals surface area contributed by atoms with E-state index in [1.807, 2.05) is 11.6 Å². The van der Waals surface area contributed by atoms with E-state index >= 15 is 0 Å². The minimum atomic E-state index is -0.267. The number of aromatic nitrogens is 2. The summed E-state index contributed by atoms with van der Waals surface area (Å²) in [4.78, 5) is 12.5. The zero-order chi connectivity index (χ0) is 17.7. The first kappa shape index (κ1) is 18.0. The summed E-state index contributed by atoms with van der Waals surface area (Å²) in [6, 6.07) is 7.25. The number of ether oxygens (including phenoxy) is 1. The molecule has 0 aliphatic rings. The molecule has 2 rings (SSSR count). The van der Waals surface area contributed by atoms with Gasteiger partial charge in [-0.2, -0.15) is 5.10 Å². The van der Waals surface area contributed by atoms with Crippen molar-refractivity contribution in [3.63, 3.8) is 0 Å². The minimum absolute atomic E-state index is 0.157. The number of hydrogen-bond donors (Lipinski definition) is 2. The topological polar surface area (TPSA) is 76.4 Å². The molecule has 0 saturated carbocycles. The van der Waals surface area contributed by atoms with Crippen LogP contribution in [-0.2, 0) is 6.61 Å². The number of aliphatic hydroxyl groups excluding tert-OH is 1. The number of aryl methyl sites for hydroxylation is 1. The van der Waals surface area contributed by atoms with Crippen molar-refractivity contribution in [3.8, 4) is 5.75 Å². The molecule has 2 N–H and O–H groups in total. The summed E-state index contributed by atoms with van der Waals surface area (Å²) < 4.78 is 7.08. The number of benzene rings is 1. The molecule has 0 saturated heterocycles. The smallest absolute Gasteiger partial charge is 0.276 e. The van der Waals surface area contributed by atoms with Crippen LogP contribution in [-0.4, -0.2) is 27.9 Å². The van der Waals surface area contributed by atoms with Crippen LogP contribution in [0.3, 0.4) is 0 Å². The number of anilines is 1. The van der Waals surface area contributed by atoms with E-state index in [1.165, 1.54) is 0 Å². The number of carbonyl (C=O) groups excluding carboxylic acids is 1. The first-order valence-electron chi connectivity index (χ1n) is 8.19. The van der Waals surface area contributed by atoms with Crippen LogP contribution in [0.1, 0.15) is 54.5 Å². The van der Waals surface area contributed by atoms with Crippen LogP contribution in [0.5, 0.6) is 5.75 Å². The first-order valence-corrected chi connectivity index (χ1v) is 8.19. The second-order valence-corrected chi connectivity index (χ2v) is 5.72. The molecule has 0 aliphatic carbocycles. The summed E-state index contributed by atoms with van der Waals surface area (Å²) in [5, 5.41) is 16.6. The predicted molar refractivity (Wildman–Crippen MR) is 93.5 cm³/mol. The van der Waals surface area contributed by atoms with Crippen molar-refractivity contribution in [2.75, 3.05) is 12.4 Å². The third kappa shape index (κ3) is 3.76. The third-order valence-corrected chi connectivity index (χ3v) is 4.15. The molecule has 0 unspecified atom stereocenters. The van der Waals surface area contributed by atoms with Gasteiger partial charge in [0, 0.05) is 16.9 Å². The van der Waals surface area contributed by atoms with Crippen LogP contribution in [0.2, 0.25) is 0 Å². The molecule has 1 aromatic heterocycles. The zero-order valence-electron chi connectivity index (χ0n) is 14.7. The van der Waals surface area contributed by atoms with Gasteiger partial charge in [-0.05, 0) is 44.0 Å². The Morgan fingerprint density at radius 1 is 1.33 bits per heavy atom. The molecule has 0 bridgehead atoms. The van der Waals surface area contributed by atoms with Crippen LogP contribution < -0.4 is 10.1 Å². The highest BCUT2D eigenvalue weighted by molar-refractivity contribution is 6.03. The van der Waals surface area contributed by atoms with Gasteiger partial charge in [-0.3, -0.25) is 9.48 Å². The number of aliphatic hydroxyl groups is 1. The summed E-state index contributed by atoms with van der Waals surface area (Å²) in [5.41, 5.74) is 2.58. The minimum Gasteiger partial charge on any atom is -0.496 e. The molecule has 1 amide bonds. The lowest BCUT2D eigenvalue weighted by Gasteiger charge is -2.14. The Bertz CT molecular complexity index is 706. The quantitative estimate of drug-likeness (QED) is 0.816. The second kappa shape index (κ2) is 7.97. The summed E-state index contributed by atoms with van der Waals surface area (Å²) in [6.45, 7) is 6.03. The largest absolute Gasteiger partial charge is 0.496 e. The Morgan fingerprint density at radius 2 is 2.04 bits per heavy atom. The molecule has 0 radical (unpaired) electrons. The molecule has 130 valence electrons. The monoisotopic (exact) mass is 331 g/mol. The van der Waals surface area contributed by atoms with Gasteiger partial charge in [-0.25, -0.2) is 0 Å². The van der Waals surface area contributed by atoms with Crippen molar-refractivity contribution < 1.29 is 14.6 Å². The summed E-state index contributed by atoms with van der Waals surface area (Å²) in [7, 11) is 1.54. The maximum absolute atomic E-state index is 12.5. The number of amides is 1. The van der Waals surface area contributed by atoms with Crippen molar-refractivity contribution in [1.82, 2.24) is 9.78 Å². The fraction of sp³-hybridized carbons (Fsp3) is 0.444.